The Hall–Kier alpha value is -1.28. The van der Waals surface area contributed by atoms with Gasteiger partial charge in [-0.05, 0) is 24.1 Å². The molecule has 1 fully saturated rings. The lowest BCUT2D eigenvalue weighted by Gasteiger charge is -2.42. The van der Waals surface area contributed by atoms with Crippen LogP contribution in [-0.4, -0.2) is 53.2 Å². The van der Waals surface area contributed by atoms with E-state index in [1.165, 1.54) is 11.8 Å². The summed E-state index contributed by atoms with van der Waals surface area (Å²) >= 11 is 1.43. The predicted molar refractivity (Wildman–Crippen MR) is 91.6 cm³/mol. The zero-order chi connectivity index (χ0) is 17.4. The highest BCUT2D eigenvalue weighted by Gasteiger charge is 2.45. The van der Waals surface area contributed by atoms with E-state index in [1.54, 1.807) is 0 Å². The summed E-state index contributed by atoms with van der Waals surface area (Å²) in [5.41, 5.74) is 8.36. The molecule has 7 nitrogen and oxygen atoms in total. The van der Waals surface area contributed by atoms with Crippen molar-refractivity contribution in [2.75, 3.05) is 13.2 Å². The van der Waals surface area contributed by atoms with Gasteiger partial charge in [-0.3, -0.25) is 0 Å². The Morgan fingerprint density at radius 3 is 2.75 bits per heavy atom. The monoisotopic (exact) mass is 353 g/mol. The number of ether oxygens (including phenoxy) is 2. The lowest BCUT2D eigenvalue weighted by molar-refractivity contribution is -0.174. The van der Waals surface area contributed by atoms with Gasteiger partial charge in [0, 0.05) is 16.4 Å². The van der Waals surface area contributed by atoms with Crippen molar-refractivity contribution in [3.8, 4) is 0 Å². The van der Waals surface area contributed by atoms with Gasteiger partial charge < -0.3 is 19.7 Å². The van der Waals surface area contributed by atoms with Gasteiger partial charge in [0.2, 0.25) is 0 Å². The van der Waals surface area contributed by atoms with E-state index in [4.69, 9.17) is 15.0 Å². The number of aliphatic hydroxyl groups is 2. The first-order valence-corrected chi connectivity index (χ1v) is 8.91. The van der Waals surface area contributed by atoms with Crippen LogP contribution in [0, 0.1) is 0 Å². The minimum Gasteiger partial charge on any atom is -0.394 e. The molecule has 1 saturated heterocycles. The Bertz CT molecular complexity index is 541. The number of azide groups is 1. The van der Waals surface area contributed by atoms with Crippen LogP contribution in [0.5, 0.6) is 0 Å². The van der Waals surface area contributed by atoms with E-state index in [0.29, 0.717) is 6.61 Å². The largest absolute Gasteiger partial charge is 0.394 e. The van der Waals surface area contributed by atoms with Gasteiger partial charge in [0.1, 0.15) is 17.6 Å². The third kappa shape index (κ3) is 4.86. The summed E-state index contributed by atoms with van der Waals surface area (Å²) in [6, 6.07) is 8.84. The van der Waals surface area contributed by atoms with Gasteiger partial charge >= 0.3 is 0 Å². The van der Waals surface area contributed by atoms with Gasteiger partial charge in [0.05, 0.1) is 18.8 Å². The minimum absolute atomic E-state index is 0.355. The molecule has 3 unspecified atom stereocenters. The number of thioether (sulfide) groups is 1. The van der Waals surface area contributed by atoms with Gasteiger partial charge in [0.15, 0.2) is 0 Å². The second-order valence-corrected chi connectivity index (χ2v) is 6.70. The van der Waals surface area contributed by atoms with Crippen molar-refractivity contribution in [3.05, 3.63) is 40.8 Å². The topological polar surface area (TPSA) is 108 Å². The highest BCUT2D eigenvalue weighted by atomic mass is 32.2. The molecule has 5 atom stereocenters. The normalized spacial score (nSPS) is 29.9. The fourth-order valence-corrected chi connectivity index (χ4v) is 3.67. The van der Waals surface area contributed by atoms with Crippen molar-refractivity contribution in [2.24, 2.45) is 5.11 Å². The summed E-state index contributed by atoms with van der Waals surface area (Å²) < 4.78 is 11.7. The number of rotatable bonds is 8. The van der Waals surface area contributed by atoms with Crippen LogP contribution in [0.1, 0.15) is 19.8 Å². The standard InChI is InChI=1S/C16H23N3O4S/c1-2-3-9-22-15-13(18-19-17)14(21)12(10-20)23-16(15)24-11-7-5-4-6-8-11/h4-8,12-16,20-21H,2-3,9-10H2,1H3/t12?,13?,14-,15?,16-/m1/s1. The highest BCUT2D eigenvalue weighted by molar-refractivity contribution is 7.99. The van der Waals surface area contributed by atoms with Gasteiger partial charge in [-0.2, -0.15) is 0 Å². The Labute approximate surface area is 145 Å². The molecule has 8 heteroatoms. The minimum atomic E-state index is -1.11. The molecule has 2 rings (SSSR count). The van der Waals surface area contributed by atoms with Gasteiger partial charge in [-0.25, -0.2) is 0 Å². The Kier molecular flexibility index (Phi) is 7.84. The van der Waals surface area contributed by atoms with Crippen LogP contribution in [0.2, 0.25) is 0 Å². The number of nitrogens with zero attached hydrogens (tertiary/aromatic N) is 3. The average Bonchev–Trinajstić information content (AvgIpc) is 2.60. The maximum absolute atomic E-state index is 10.3. The molecule has 0 spiro atoms. The molecule has 0 bridgehead atoms. The van der Waals surface area contributed by atoms with Gasteiger partial charge in [0.25, 0.3) is 0 Å². The molecule has 132 valence electrons. The summed E-state index contributed by atoms with van der Waals surface area (Å²) in [6.07, 6.45) is -0.673. The van der Waals surface area contributed by atoms with Gasteiger partial charge in [-0.1, -0.05) is 48.4 Å². The second kappa shape index (κ2) is 9.88. The number of aliphatic hydroxyl groups excluding tert-OH is 2. The maximum Gasteiger partial charge on any atom is 0.134 e. The van der Waals surface area contributed by atoms with Crippen LogP contribution in [0.4, 0.5) is 0 Å². The van der Waals surface area contributed by atoms with E-state index >= 15 is 0 Å². The van der Waals surface area contributed by atoms with Crippen LogP contribution >= 0.6 is 11.8 Å². The fraction of sp³-hybridized carbons (Fsp3) is 0.625. The number of unbranched alkanes of at least 4 members (excludes halogenated alkanes) is 1. The highest BCUT2D eigenvalue weighted by Crippen LogP contribution is 2.36. The molecule has 0 amide bonds. The van der Waals surface area contributed by atoms with Crippen molar-refractivity contribution in [1.82, 2.24) is 0 Å². The summed E-state index contributed by atoms with van der Waals surface area (Å²) in [5, 5.41) is 23.5. The molecule has 1 aromatic carbocycles. The average molecular weight is 353 g/mol. The Balaban J connectivity index is 2.21. The molecule has 0 aromatic heterocycles. The van der Waals surface area contributed by atoms with E-state index in [1.807, 2.05) is 30.3 Å². The molecular formula is C16H23N3O4S. The lowest BCUT2D eigenvalue weighted by atomic mass is 9.98. The zero-order valence-electron chi connectivity index (χ0n) is 13.6. The summed E-state index contributed by atoms with van der Waals surface area (Å²) in [6.45, 7) is 2.19. The number of benzene rings is 1. The third-order valence-corrected chi connectivity index (χ3v) is 4.97. The molecule has 1 aliphatic rings. The van der Waals surface area contributed by atoms with E-state index in [-0.39, 0.29) is 6.61 Å². The first kappa shape index (κ1) is 19.1. The van der Waals surface area contributed by atoms with Crippen molar-refractivity contribution in [3.63, 3.8) is 0 Å². The molecule has 24 heavy (non-hydrogen) atoms. The summed E-state index contributed by atoms with van der Waals surface area (Å²) in [7, 11) is 0. The number of hydrogen-bond donors (Lipinski definition) is 2. The van der Waals surface area contributed by atoms with E-state index in [2.05, 4.69) is 16.9 Å². The van der Waals surface area contributed by atoms with Crippen molar-refractivity contribution < 1.29 is 19.7 Å². The molecule has 1 aliphatic heterocycles. The van der Waals surface area contributed by atoms with Crippen LogP contribution in [0.15, 0.2) is 40.3 Å². The van der Waals surface area contributed by atoms with Crippen molar-refractivity contribution in [1.29, 1.82) is 0 Å². The first-order chi connectivity index (χ1) is 11.7. The first-order valence-electron chi connectivity index (χ1n) is 8.03. The van der Waals surface area contributed by atoms with Crippen LogP contribution in [-0.2, 0) is 9.47 Å². The summed E-state index contributed by atoms with van der Waals surface area (Å²) in [4.78, 5) is 3.81. The third-order valence-electron chi connectivity index (χ3n) is 3.81. The molecule has 1 aromatic rings. The predicted octanol–water partition coefficient (Wildman–Crippen LogP) is 2.72. The SMILES string of the molecule is CCCCOC1C(N=[N+]=[N-])[C@H](O)C(CO)O[C@@H]1Sc1ccccc1. The smallest absolute Gasteiger partial charge is 0.134 e. The molecular weight excluding hydrogens is 330 g/mol. The van der Waals surface area contributed by atoms with E-state index in [0.717, 1.165) is 17.7 Å². The van der Waals surface area contributed by atoms with Crippen LogP contribution in [0.25, 0.3) is 10.4 Å². The Morgan fingerprint density at radius 2 is 2.12 bits per heavy atom. The fourth-order valence-electron chi connectivity index (χ4n) is 2.52. The quantitative estimate of drug-likeness (QED) is 0.323. The molecule has 1 heterocycles. The maximum atomic E-state index is 10.3. The van der Waals surface area contributed by atoms with Crippen LogP contribution in [0.3, 0.4) is 0 Å². The van der Waals surface area contributed by atoms with Crippen LogP contribution < -0.4 is 0 Å². The zero-order valence-corrected chi connectivity index (χ0v) is 14.4. The lowest BCUT2D eigenvalue weighted by Crippen LogP contribution is -2.57. The van der Waals surface area contributed by atoms with E-state index in [9.17, 15) is 10.2 Å². The molecule has 0 saturated carbocycles. The van der Waals surface area contributed by atoms with Crippen molar-refractivity contribution in [2.45, 2.75) is 54.5 Å². The second-order valence-electron chi connectivity index (χ2n) is 5.53. The van der Waals surface area contributed by atoms with E-state index < -0.39 is 29.8 Å². The van der Waals surface area contributed by atoms with Crippen molar-refractivity contribution >= 4 is 11.8 Å². The number of hydrogen-bond acceptors (Lipinski definition) is 6. The molecule has 0 aliphatic carbocycles. The molecule has 0 radical (unpaired) electrons. The molecule has 2 N–H and O–H groups in total. The summed E-state index contributed by atoms with van der Waals surface area (Å²) in [5.74, 6) is 0. The Morgan fingerprint density at radius 1 is 1.38 bits per heavy atom. The van der Waals surface area contributed by atoms with Gasteiger partial charge in [-0.15, -0.1) is 0 Å².